The molecule has 27 heavy (non-hydrogen) atoms. The highest BCUT2D eigenvalue weighted by molar-refractivity contribution is 7.16. The summed E-state index contributed by atoms with van der Waals surface area (Å²) in [6.45, 7) is 3.18. The minimum Gasteiger partial charge on any atom is -0.347 e. The van der Waals surface area contributed by atoms with E-state index in [0.29, 0.717) is 18.5 Å². The number of nitrogens with zero attached hydrogens (tertiary/aromatic N) is 2. The van der Waals surface area contributed by atoms with Gasteiger partial charge in [0.05, 0.1) is 22.1 Å². The Bertz CT molecular complexity index is 993. The molecule has 0 radical (unpaired) electrons. The van der Waals surface area contributed by atoms with Gasteiger partial charge in [-0.3, -0.25) is 9.59 Å². The van der Waals surface area contributed by atoms with E-state index in [4.69, 9.17) is 0 Å². The van der Waals surface area contributed by atoms with Gasteiger partial charge in [-0.25, -0.2) is 4.98 Å². The highest BCUT2D eigenvalue weighted by Crippen LogP contribution is 2.29. The third-order valence-electron chi connectivity index (χ3n) is 4.45. The lowest BCUT2D eigenvalue weighted by molar-refractivity contribution is -0.117. The summed E-state index contributed by atoms with van der Waals surface area (Å²) in [5, 5.41) is 6.06. The summed E-state index contributed by atoms with van der Waals surface area (Å²) < 4.78 is 0. The fourth-order valence-corrected chi connectivity index (χ4v) is 4.69. The number of anilines is 1. The van der Waals surface area contributed by atoms with Crippen molar-refractivity contribution in [3.8, 4) is 10.6 Å². The summed E-state index contributed by atoms with van der Waals surface area (Å²) in [5.74, 6) is -0.0149. The molecular weight excluding hydrogens is 378 g/mol. The van der Waals surface area contributed by atoms with E-state index in [1.165, 1.54) is 0 Å². The van der Waals surface area contributed by atoms with Crippen LogP contribution in [0, 0.1) is 6.92 Å². The smallest absolute Gasteiger partial charge is 0.251 e. The predicted molar refractivity (Wildman–Crippen MR) is 109 cm³/mol. The first-order valence-corrected chi connectivity index (χ1v) is 10.5. The topological polar surface area (TPSA) is 62.3 Å². The van der Waals surface area contributed by atoms with E-state index in [0.717, 1.165) is 39.1 Å². The van der Waals surface area contributed by atoms with Crippen LogP contribution < -0.4 is 10.2 Å². The summed E-state index contributed by atoms with van der Waals surface area (Å²) in [6.07, 6.45) is 1.45. The molecule has 0 aliphatic carbocycles. The van der Waals surface area contributed by atoms with E-state index in [1.54, 1.807) is 39.7 Å². The number of hydrogen-bond acceptors (Lipinski definition) is 5. The second kappa shape index (κ2) is 7.62. The Hall–Kier alpha value is -2.51. The SMILES string of the molecule is Cc1nc(-c2ccc(CNC(=O)c3cccc(N4CCCC4=O)c3)s2)cs1. The molecule has 3 aromatic rings. The fourth-order valence-electron chi connectivity index (χ4n) is 3.09. The lowest BCUT2D eigenvalue weighted by Gasteiger charge is -2.16. The Morgan fingerprint density at radius 2 is 2.19 bits per heavy atom. The third kappa shape index (κ3) is 3.94. The second-order valence-electron chi connectivity index (χ2n) is 6.40. The van der Waals surface area contributed by atoms with Gasteiger partial charge < -0.3 is 10.2 Å². The first kappa shape index (κ1) is 17.9. The molecule has 2 aromatic heterocycles. The van der Waals surface area contributed by atoms with Crippen LogP contribution in [-0.4, -0.2) is 23.3 Å². The van der Waals surface area contributed by atoms with E-state index >= 15 is 0 Å². The Labute approximate surface area is 165 Å². The number of thiazole rings is 1. The zero-order chi connectivity index (χ0) is 18.8. The predicted octanol–water partition coefficient (Wildman–Crippen LogP) is 4.24. The Balaban J connectivity index is 1.41. The first-order valence-electron chi connectivity index (χ1n) is 8.80. The molecule has 2 amide bonds. The van der Waals surface area contributed by atoms with Gasteiger partial charge in [0.2, 0.25) is 5.91 Å². The van der Waals surface area contributed by atoms with Crippen molar-refractivity contribution in [1.29, 1.82) is 0 Å². The average Bonchev–Trinajstić information content (AvgIpc) is 3.40. The molecule has 5 nitrogen and oxygen atoms in total. The van der Waals surface area contributed by atoms with Gasteiger partial charge in [-0.05, 0) is 43.7 Å². The number of amides is 2. The number of thiophene rings is 1. The molecule has 0 atom stereocenters. The summed E-state index contributed by atoms with van der Waals surface area (Å²) in [5.41, 5.74) is 2.35. The molecule has 1 saturated heterocycles. The van der Waals surface area contributed by atoms with Gasteiger partial charge in [0.1, 0.15) is 0 Å². The maximum absolute atomic E-state index is 12.5. The fraction of sp³-hybridized carbons (Fsp3) is 0.250. The van der Waals surface area contributed by atoms with Crippen LogP contribution in [-0.2, 0) is 11.3 Å². The number of nitrogens with one attached hydrogen (secondary N) is 1. The van der Waals surface area contributed by atoms with E-state index in [1.807, 2.05) is 31.2 Å². The van der Waals surface area contributed by atoms with Gasteiger partial charge in [0.25, 0.3) is 5.91 Å². The quantitative estimate of drug-likeness (QED) is 0.701. The Morgan fingerprint density at radius 3 is 2.93 bits per heavy atom. The van der Waals surface area contributed by atoms with Crippen molar-refractivity contribution in [2.45, 2.75) is 26.3 Å². The van der Waals surface area contributed by atoms with Crippen LogP contribution in [0.5, 0.6) is 0 Å². The molecule has 1 aromatic carbocycles. The molecule has 1 fully saturated rings. The minimum atomic E-state index is -0.136. The number of rotatable bonds is 5. The molecule has 3 heterocycles. The van der Waals surface area contributed by atoms with Crippen molar-refractivity contribution >= 4 is 40.2 Å². The molecule has 0 unspecified atom stereocenters. The molecular formula is C20H19N3O2S2. The molecule has 4 rings (SSSR count). The third-order valence-corrected chi connectivity index (χ3v) is 6.33. The standard InChI is InChI=1S/C20H19N3O2S2/c1-13-22-17(12-26-13)18-8-7-16(27-18)11-21-20(25)14-4-2-5-15(10-14)23-9-3-6-19(23)24/h2,4-5,7-8,10,12H,3,6,9,11H2,1H3,(H,21,25). The van der Waals surface area contributed by atoms with Crippen molar-refractivity contribution in [3.05, 3.63) is 57.2 Å². The highest BCUT2D eigenvalue weighted by Gasteiger charge is 2.22. The molecule has 1 N–H and O–H groups in total. The molecule has 1 aliphatic rings. The van der Waals surface area contributed by atoms with Gasteiger partial charge in [-0.2, -0.15) is 0 Å². The lowest BCUT2D eigenvalue weighted by Crippen LogP contribution is -2.25. The van der Waals surface area contributed by atoms with Crippen LogP contribution in [0.2, 0.25) is 0 Å². The molecule has 7 heteroatoms. The lowest BCUT2D eigenvalue weighted by atomic mass is 10.1. The van der Waals surface area contributed by atoms with Crippen LogP contribution in [0.1, 0.15) is 33.1 Å². The first-order chi connectivity index (χ1) is 13.1. The number of carbonyl (C=O) groups is 2. The minimum absolute atomic E-state index is 0.121. The van der Waals surface area contributed by atoms with Gasteiger partial charge in [0.15, 0.2) is 0 Å². The Morgan fingerprint density at radius 1 is 1.30 bits per heavy atom. The van der Waals surface area contributed by atoms with Gasteiger partial charge >= 0.3 is 0 Å². The molecule has 0 spiro atoms. The van der Waals surface area contributed by atoms with E-state index < -0.39 is 0 Å². The zero-order valence-corrected chi connectivity index (χ0v) is 16.5. The van der Waals surface area contributed by atoms with Gasteiger partial charge in [0, 0.05) is 34.5 Å². The van der Waals surface area contributed by atoms with Crippen LogP contribution in [0.4, 0.5) is 5.69 Å². The van der Waals surface area contributed by atoms with Crippen LogP contribution in [0.3, 0.4) is 0 Å². The van der Waals surface area contributed by atoms with Gasteiger partial charge in [-0.15, -0.1) is 22.7 Å². The number of benzene rings is 1. The monoisotopic (exact) mass is 397 g/mol. The maximum atomic E-state index is 12.5. The number of hydrogen-bond donors (Lipinski definition) is 1. The van der Waals surface area contributed by atoms with Crippen LogP contribution >= 0.6 is 22.7 Å². The van der Waals surface area contributed by atoms with Crippen molar-refractivity contribution in [2.24, 2.45) is 0 Å². The van der Waals surface area contributed by atoms with Crippen molar-refractivity contribution in [1.82, 2.24) is 10.3 Å². The molecule has 138 valence electrons. The number of carbonyl (C=O) groups excluding carboxylic acids is 2. The number of aromatic nitrogens is 1. The molecule has 0 bridgehead atoms. The molecule has 0 saturated carbocycles. The van der Waals surface area contributed by atoms with Crippen LogP contribution in [0.25, 0.3) is 10.6 Å². The summed E-state index contributed by atoms with van der Waals surface area (Å²) in [4.78, 5) is 32.9. The summed E-state index contributed by atoms with van der Waals surface area (Å²) in [7, 11) is 0. The van der Waals surface area contributed by atoms with Crippen LogP contribution in [0.15, 0.2) is 41.8 Å². The number of aryl methyl sites for hydroxylation is 1. The van der Waals surface area contributed by atoms with E-state index in [-0.39, 0.29) is 11.8 Å². The normalized spacial score (nSPS) is 14.0. The van der Waals surface area contributed by atoms with E-state index in [2.05, 4.69) is 15.7 Å². The zero-order valence-electron chi connectivity index (χ0n) is 14.9. The average molecular weight is 398 g/mol. The van der Waals surface area contributed by atoms with Gasteiger partial charge in [-0.1, -0.05) is 6.07 Å². The summed E-state index contributed by atoms with van der Waals surface area (Å²) in [6, 6.07) is 11.3. The van der Waals surface area contributed by atoms with Crippen molar-refractivity contribution < 1.29 is 9.59 Å². The molecule has 1 aliphatic heterocycles. The highest BCUT2D eigenvalue weighted by atomic mass is 32.1. The van der Waals surface area contributed by atoms with E-state index in [9.17, 15) is 9.59 Å². The second-order valence-corrected chi connectivity index (χ2v) is 8.63. The van der Waals surface area contributed by atoms with Crippen molar-refractivity contribution in [3.63, 3.8) is 0 Å². The maximum Gasteiger partial charge on any atom is 0.251 e. The Kier molecular flexibility index (Phi) is 5.05. The van der Waals surface area contributed by atoms with Crippen molar-refractivity contribution in [2.75, 3.05) is 11.4 Å². The largest absolute Gasteiger partial charge is 0.347 e. The summed E-state index contributed by atoms with van der Waals surface area (Å²) >= 11 is 3.27.